The Morgan fingerprint density at radius 1 is 1.45 bits per heavy atom. The number of guanidine groups is 1. The molecule has 2 unspecified atom stereocenters. The molecule has 6 heteroatoms. The van der Waals surface area contributed by atoms with Gasteiger partial charge in [-0.1, -0.05) is 6.92 Å². The Hall–Kier alpha value is -0.910. The summed E-state index contributed by atoms with van der Waals surface area (Å²) in [7, 11) is 1.82. The predicted octanol–water partition coefficient (Wildman–Crippen LogP) is 1.84. The number of nitrogens with zero attached hydrogens (tertiary/aromatic N) is 2. The van der Waals surface area contributed by atoms with Crippen LogP contribution in [0, 0.1) is 0 Å². The SMILES string of the molecule is CCC(CCNC(=NC)NCC1CCCS1)N1CCCC1=O. The van der Waals surface area contributed by atoms with Crippen LogP contribution in [0.25, 0.3) is 0 Å². The zero-order valence-electron chi connectivity index (χ0n) is 13.9. The van der Waals surface area contributed by atoms with E-state index in [9.17, 15) is 4.79 Å². The van der Waals surface area contributed by atoms with Crippen molar-refractivity contribution >= 4 is 23.6 Å². The Kier molecular flexibility index (Phi) is 7.36. The molecule has 2 N–H and O–H groups in total. The molecule has 0 aromatic heterocycles. The van der Waals surface area contributed by atoms with Crippen molar-refractivity contribution in [3.05, 3.63) is 0 Å². The lowest BCUT2D eigenvalue weighted by atomic mass is 10.1. The first kappa shape index (κ1) is 17.4. The second-order valence-corrected chi connectivity index (χ2v) is 7.46. The molecule has 126 valence electrons. The summed E-state index contributed by atoms with van der Waals surface area (Å²) in [5, 5.41) is 7.53. The van der Waals surface area contributed by atoms with Crippen LogP contribution >= 0.6 is 11.8 Å². The fourth-order valence-electron chi connectivity index (χ4n) is 3.23. The minimum atomic E-state index is 0.326. The van der Waals surface area contributed by atoms with Gasteiger partial charge in [-0.2, -0.15) is 11.8 Å². The van der Waals surface area contributed by atoms with Gasteiger partial charge in [-0.25, -0.2) is 0 Å². The molecule has 2 atom stereocenters. The largest absolute Gasteiger partial charge is 0.356 e. The lowest BCUT2D eigenvalue weighted by molar-refractivity contribution is -0.129. The molecule has 0 aromatic rings. The third kappa shape index (κ3) is 5.07. The van der Waals surface area contributed by atoms with Crippen molar-refractivity contribution in [2.75, 3.05) is 32.4 Å². The molecule has 0 spiro atoms. The van der Waals surface area contributed by atoms with Gasteiger partial charge in [0.05, 0.1) is 0 Å². The number of amides is 1. The number of hydrogen-bond donors (Lipinski definition) is 2. The fourth-order valence-corrected chi connectivity index (χ4v) is 4.43. The number of rotatable bonds is 7. The Morgan fingerprint density at radius 3 is 2.91 bits per heavy atom. The maximum Gasteiger partial charge on any atom is 0.222 e. The summed E-state index contributed by atoms with van der Waals surface area (Å²) < 4.78 is 0. The summed E-state index contributed by atoms with van der Waals surface area (Å²) in [4.78, 5) is 18.2. The van der Waals surface area contributed by atoms with Crippen LogP contribution in [0.4, 0.5) is 0 Å². The van der Waals surface area contributed by atoms with Gasteiger partial charge in [0.1, 0.15) is 0 Å². The lowest BCUT2D eigenvalue weighted by Gasteiger charge is -2.27. The number of nitrogens with one attached hydrogen (secondary N) is 2. The van der Waals surface area contributed by atoms with Crippen molar-refractivity contribution in [2.45, 2.75) is 56.7 Å². The van der Waals surface area contributed by atoms with Crippen LogP contribution in [0.2, 0.25) is 0 Å². The third-order valence-corrected chi connectivity index (χ3v) is 5.93. The molecular weight excluding hydrogens is 296 g/mol. The molecule has 5 nitrogen and oxygen atoms in total. The lowest BCUT2D eigenvalue weighted by Crippen LogP contribution is -2.43. The maximum atomic E-state index is 11.8. The molecule has 0 aromatic carbocycles. The highest BCUT2D eigenvalue weighted by atomic mass is 32.2. The van der Waals surface area contributed by atoms with Crippen molar-refractivity contribution in [1.29, 1.82) is 0 Å². The average Bonchev–Trinajstić information content (AvgIpc) is 3.18. The molecule has 2 heterocycles. The molecule has 0 aliphatic carbocycles. The van der Waals surface area contributed by atoms with E-state index in [0.29, 0.717) is 11.9 Å². The first-order chi connectivity index (χ1) is 10.7. The van der Waals surface area contributed by atoms with Crippen molar-refractivity contribution < 1.29 is 4.79 Å². The van der Waals surface area contributed by atoms with E-state index < -0.39 is 0 Å². The van der Waals surface area contributed by atoms with E-state index in [-0.39, 0.29) is 0 Å². The highest BCUT2D eigenvalue weighted by molar-refractivity contribution is 8.00. The van der Waals surface area contributed by atoms with E-state index in [1.54, 1.807) is 0 Å². The fraction of sp³-hybridized carbons (Fsp3) is 0.875. The second-order valence-electron chi connectivity index (χ2n) is 6.06. The van der Waals surface area contributed by atoms with Crippen molar-refractivity contribution in [3.63, 3.8) is 0 Å². The molecule has 0 bridgehead atoms. The van der Waals surface area contributed by atoms with Gasteiger partial charge in [-0.3, -0.25) is 9.79 Å². The summed E-state index contributed by atoms with van der Waals surface area (Å²) in [6, 6.07) is 0.367. The predicted molar refractivity (Wildman–Crippen MR) is 94.5 cm³/mol. The smallest absolute Gasteiger partial charge is 0.222 e. The van der Waals surface area contributed by atoms with Crippen molar-refractivity contribution in [2.24, 2.45) is 4.99 Å². The Balaban J connectivity index is 1.67. The van der Waals surface area contributed by atoms with Crippen molar-refractivity contribution in [3.8, 4) is 0 Å². The van der Waals surface area contributed by atoms with Gasteiger partial charge in [0.15, 0.2) is 5.96 Å². The number of carbonyl (C=O) groups is 1. The molecule has 1 amide bonds. The summed E-state index contributed by atoms with van der Waals surface area (Å²) >= 11 is 2.05. The minimum Gasteiger partial charge on any atom is -0.356 e. The summed E-state index contributed by atoms with van der Waals surface area (Å²) in [6.07, 6.45) is 6.41. The van der Waals surface area contributed by atoms with Gasteiger partial charge in [0.2, 0.25) is 5.91 Å². The van der Waals surface area contributed by atoms with E-state index in [0.717, 1.165) is 56.5 Å². The van der Waals surface area contributed by atoms with Crippen LogP contribution in [0.1, 0.15) is 45.4 Å². The zero-order chi connectivity index (χ0) is 15.8. The van der Waals surface area contributed by atoms with E-state index in [1.165, 1.54) is 18.6 Å². The first-order valence-corrected chi connectivity index (χ1v) is 9.65. The molecule has 0 saturated carbocycles. The van der Waals surface area contributed by atoms with E-state index in [2.05, 4.69) is 39.2 Å². The number of aliphatic imine (C=N–C) groups is 1. The molecule has 2 aliphatic heterocycles. The van der Waals surface area contributed by atoms with Gasteiger partial charge < -0.3 is 15.5 Å². The third-order valence-electron chi connectivity index (χ3n) is 4.54. The van der Waals surface area contributed by atoms with Crippen LogP contribution in [-0.4, -0.2) is 60.5 Å². The highest BCUT2D eigenvalue weighted by Crippen LogP contribution is 2.25. The van der Waals surface area contributed by atoms with Crippen LogP contribution < -0.4 is 10.6 Å². The van der Waals surface area contributed by atoms with Crippen LogP contribution in [-0.2, 0) is 4.79 Å². The standard InChI is InChI=1S/C16H30N4OS/c1-3-13(20-10-4-7-15(20)21)8-9-18-16(17-2)19-12-14-6-5-11-22-14/h13-14H,3-12H2,1-2H3,(H2,17,18,19). The minimum absolute atomic E-state index is 0.326. The Labute approximate surface area is 138 Å². The maximum absolute atomic E-state index is 11.8. The van der Waals surface area contributed by atoms with Gasteiger partial charge in [0, 0.05) is 44.4 Å². The average molecular weight is 327 g/mol. The normalized spacial score (nSPS) is 23.9. The quantitative estimate of drug-likeness (QED) is 0.554. The monoisotopic (exact) mass is 326 g/mol. The van der Waals surface area contributed by atoms with E-state index in [4.69, 9.17) is 0 Å². The Morgan fingerprint density at radius 2 is 2.32 bits per heavy atom. The van der Waals surface area contributed by atoms with Gasteiger partial charge in [-0.05, 0) is 37.9 Å². The Bertz CT molecular complexity index is 382. The topological polar surface area (TPSA) is 56.7 Å². The molecular formula is C16H30N4OS. The van der Waals surface area contributed by atoms with Crippen LogP contribution in [0.3, 0.4) is 0 Å². The van der Waals surface area contributed by atoms with Gasteiger partial charge in [0.25, 0.3) is 0 Å². The number of carbonyl (C=O) groups excluding carboxylic acids is 1. The zero-order valence-corrected chi connectivity index (χ0v) is 14.8. The molecule has 2 aliphatic rings. The number of hydrogen-bond acceptors (Lipinski definition) is 3. The van der Waals surface area contributed by atoms with Crippen molar-refractivity contribution in [1.82, 2.24) is 15.5 Å². The van der Waals surface area contributed by atoms with Crippen LogP contribution in [0.15, 0.2) is 4.99 Å². The van der Waals surface area contributed by atoms with Gasteiger partial charge in [-0.15, -0.1) is 0 Å². The van der Waals surface area contributed by atoms with Crippen LogP contribution in [0.5, 0.6) is 0 Å². The highest BCUT2D eigenvalue weighted by Gasteiger charge is 2.26. The summed E-state index contributed by atoms with van der Waals surface area (Å²) in [5.41, 5.74) is 0. The number of likely N-dealkylation sites (tertiary alicyclic amines) is 1. The second kappa shape index (κ2) is 9.28. The molecule has 2 saturated heterocycles. The molecule has 0 radical (unpaired) electrons. The molecule has 2 fully saturated rings. The van der Waals surface area contributed by atoms with Gasteiger partial charge >= 0.3 is 0 Å². The van der Waals surface area contributed by atoms with E-state index >= 15 is 0 Å². The molecule has 2 rings (SSSR count). The first-order valence-electron chi connectivity index (χ1n) is 8.60. The van der Waals surface area contributed by atoms with E-state index in [1.807, 2.05) is 7.05 Å². The summed E-state index contributed by atoms with van der Waals surface area (Å²) in [5.74, 6) is 2.50. The summed E-state index contributed by atoms with van der Waals surface area (Å²) in [6.45, 7) is 4.95. The molecule has 22 heavy (non-hydrogen) atoms. The number of thioether (sulfide) groups is 1.